The van der Waals surface area contributed by atoms with E-state index in [9.17, 15) is 4.79 Å². The third-order valence-electron chi connectivity index (χ3n) is 2.98. The van der Waals surface area contributed by atoms with Crippen LogP contribution in [0.4, 0.5) is 0 Å². The molecule has 1 aromatic rings. The van der Waals surface area contributed by atoms with Gasteiger partial charge >= 0.3 is 0 Å². The number of benzene rings is 1. The highest BCUT2D eigenvalue weighted by Crippen LogP contribution is 2.13. The topological polar surface area (TPSA) is 41.6 Å². The van der Waals surface area contributed by atoms with Crippen molar-refractivity contribution >= 4 is 18.3 Å². The largest absolute Gasteiger partial charge is 0.494 e. The van der Waals surface area contributed by atoms with Gasteiger partial charge in [-0.25, -0.2) is 0 Å². The van der Waals surface area contributed by atoms with Gasteiger partial charge in [0.15, 0.2) is 0 Å². The molecule has 0 saturated heterocycles. The molecule has 0 spiro atoms. The second-order valence-corrected chi connectivity index (χ2v) is 4.50. The van der Waals surface area contributed by atoms with Crippen LogP contribution in [0.2, 0.25) is 0 Å². The molecule has 0 atom stereocenters. The molecule has 0 unspecified atom stereocenters. The Morgan fingerprint density at radius 3 is 2.50 bits per heavy atom. The van der Waals surface area contributed by atoms with E-state index in [2.05, 4.69) is 5.32 Å². The maximum absolute atomic E-state index is 11.9. The molecule has 1 N–H and O–H groups in total. The SMILES string of the molecule is CCOc1ccc(CCC(=O)N(C)CCNC)cc1.Cl. The number of amides is 1. The van der Waals surface area contributed by atoms with Gasteiger partial charge in [0.25, 0.3) is 0 Å². The minimum absolute atomic E-state index is 0. The molecule has 0 aliphatic rings. The maximum Gasteiger partial charge on any atom is 0.222 e. The molecule has 1 rings (SSSR count). The molecule has 114 valence electrons. The Balaban J connectivity index is 0.00000361. The van der Waals surface area contributed by atoms with E-state index in [1.165, 1.54) is 5.56 Å². The predicted molar refractivity (Wildman–Crippen MR) is 84.7 cm³/mol. The third-order valence-corrected chi connectivity index (χ3v) is 2.98. The number of hydrogen-bond donors (Lipinski definition) is 1. The first-order valence-corrected chi connectivity index (χ1v) is 6.77. The van der Waals surface area contributed by atoms with Crippen LogP contribution in [0.3, 0.4) is 0 Å². The summed E-state index contributed by atoms with van der Waals surface area (Å²) >= 11 is 0. The molecule has 0 bridgehead atoms. The van der Waals surface area contributed by atoms with Gasteiger partial charge in [-0.05, 0) is 38.1 Å². The normalized spacial score (nSPS) is 9.75. The number of likely N-dealkylation sites (N-methyl/N-ethyl adjacent to an activating group) is 2. The molecule has 1 amide bonds. The van der Waals surface area contributed by atoms with E-state index in [-0.39, 0.29) is 18.3 Å². The van der Waals surface area contributed by atoms with Crippen LogP contribution >= 0.6 is 12.4 Å². The van der Waals surface area contributed by atoms with Gasteiger partial charge in [0.05, 0.1) is 6.61 Å². The van der Waals surface area contributed by atoms with E-state index >= 15 is 0 Å². The third kappa shape index (κ3) is 6.78. The Morgan fingerprint density at radius 2 is 1.95 bits per heavy atom. The summed E-state index contributed by atoms with van der Waals surface area (Å²) in [7, 11) is 3.73. The molecule has 0 radical (unpaired) electrons. The van der Waals surface area contributed by atoms with Crippen LogP contribution in [0, 0.1) is 0 Å². The molecule has 1 aromatic carbocycles. The van der Waals surface area contributed by atoms with Gasteiger partial charge in [-0.1, -0.05) is 12.1 Å². The molecule has 0 aliphatic carbocycles. The number of nitrogens with zero attached hydrogens (tertiary/aromatic N) is 1. The molecular weight excluding hydrogens is 276 g/mol. The van der Waals surface area contributed by atoms with Crippen molar-refractivity contribution in [2.75, 3.05) is 33.8 Å². The van der Waals surface area contributed by atoms with Crippen molar-refractivity contribution in [2.24, 2.45) is 0 Å². The summed E-state index contributed by atoms with van der Waals surface area (Å²) in [6.45, 7) is 4.21. The van der Waals surface area contributed by atoms with E-state index < -0.39 is 0 Å². The first-order valence-electron chi connectivity index (χ1n) is 6.77. The van der Waals surface area contributed by atoms with Gasteiger partial charge in [-0.15, -0.1) is 12.4 Å². The predicted octanol–water partition coefficient (Wildman–Crippen LogP) is 2.12. The number of ether oxygens (including phenoxy) is 1. The second kappa shape index (κ2) is 10.5. The minimum Gasteiger partial charge on any atom is -0.494 e. The van der Waals surface area contributed by atoms with Gasteiger partial charge in [0, 0.05) is 26.6 Å². The highest BCUT2D eigenvalue weighted by Gasteiger charge is 2.08. The summed E-state index contributed by atoms with van der Waals surface area (Å²) in [5, 5.41) is 3.04. The standard InChI is InChI=1S/C15H24N2O2.ClH/c1-4-19-14-8-5-13(6-9-14)7-10-15(18)17(3)12-11-16-2;/h5-6,8-9,16H,4,7,10-12H2,1-3H3;1H. The Kier molecular flexibility index (Phi) is 9.86. The van der Waals surface area contributed by atoms with E-state index in [0.29, 0.717) is 13.0 Å². The maximum atomic E-state index is 11.9. The van der Waals surface area contributed by atoms with E-state index in [0.717, 1.165) is 25.3 Å². The van der Waals surface area contributed by atoms with Crippen molar-refractivity contribution in [3.63, 3.8) is 0 Å². The number of nitrogens with one attached hydrogen (secondary N) is 1. The van der Waals surface area contributed by atoms with Crippen molar-refractivity contribution < 1.29 is 9.53 Å². The number of carbonyl (C=O) groups is 1. The molecule has 0 aromatic heterocycles. The summed E-state index contributed by atoms with van der Waals surface area (Å²) in [6.07, 6.45) is 1.32. The molecule has 0 saturated carbocycles. The fourth-order valence-corrected chi connectivity index (χ4v) is 1.77. The minimum atomic E-state index is 0. The monoisotopic (exact) mass is 300 g/mol. The van der Waals surface area contributed by atoms with Crippen LogP contribution in [-0.2, 0) is 11.2 Å². The zero-order valence-electron chi connectivity index (χ0n) is 12.5. The van der Waals surface area contributed by atoms with E-state index in [1.54, 1.807) is 4.90 Å². The van der Waals surface area contributed by atoms with Crippen molar-refractivity contribution in [3.05, 3.63) is 29.8 Å². The molecule has 20 heavy (non-hydrogen) atoms. The lowest BCUT2D eigenvalue weighted by atomic mass is 10.1. The first-order chi connectivity index (χ1) is 9.17. The average molecular weight is 301 g/mol. The lowest BCUT2D eigenvalue weighted by molar-refractivity contribution is -0.129. The molecule has 0 fully saturated rings. The van der Waals surface area contributed by atoms with Gasteiger partial charge in [-0.3, -0.25) is 4.79 Å². The van der Waals surface area contributed by atoms with Crippen molar-refractivity contribution in [3.8, 4) is 5.75 Å². The molecular formula is C15H25ClN2O2. The summed E-state index contributed by atoms with van der Waals surface area (Å²) < 4.78 is 5.39. The molecule has 4 nitrogen and oxygen atoms in total. The Hall–Kier alpha value is -1.26. The Morgan fingerprint density at radius 1 is 1.30 bits per heavy atom. The number of hydrogen-bond acceptors (Lipinski definition) is 3. The quantitative estimate of drug-likeness (QED) is 0.799. The molecule has 0 aliphatic heterocycles. The van der Waals surface area contributed by atoms with Crippen molar-refractivity contribution in [2.45, 2.75) is 19.8 Å². The van der Waals surface area contributed by atoms with Crippen LogP contribution in [0.15, 0.2) is 24.3 Å². The number of carbonyl (C=O) groups excluding carboxylic acids is 1. The van der Waals surface area contributed by atoms with Crippen LogP contribution in [0.5, 0.6) is 5.75 Å². The fourth-order valence-electron chi connectivity index (χ4n) is 1.77. The van der Waals surface area contributed by atoms with Crippen molar-refractivity contribution in [1.29, 1.82) is 0 Å². The smallest absolute Gasteiger partial charge is 0.222 e. The average Bonchev–Trinajstić information content (AvgIpc) is 2.44. The van der Waals surface area contributed by atoms with Crippen LogP contribution in [0.1, 0.15) is 18.9 Å². The number of rotatable bonds is 8. The van der Waals surface area contributed by atoms with Gasteiger partial charge in [0.1, 0.15) is 5.75 Å². The van der Waals surface area contributed by atoms with E-state index in [4.69, 9.17) is 4.74 Å². The molecule has 5 heteroatoms. The Bertz CT molecular complexity index is 382. The van der Waals surface area contributed by atoms with Crippen LogP contribution < -0.4 is 10.1 Å². The highest BCUT2D eigenvalue weighted by molar-refractivity contribution is 5.85. The second-order valence-electron chi connectivity index (χ2n) is 4.50. The van der Waals surface area contributed by atoms with Gasteiger partial charge in [0.2, 0.25) is 5.91 Å². The summed E-state index contributed by atoms with van der Waals surface area (Å²) in [6, 6.07) is 7.94. The summed E-state index contributed by atoms with van der Waals surface area (Å²) in [4.78, 5) is 13.6. The van der Waals surface area contributed by atoms with Gasteiger partial charge in [-0.2, -0.15) is 0 Å². The van der Waals surface area contributed by atoms with Crippen LogP contribution in [0.25, 0.3) is 0 Å². The summed E-state index contributed by atoms with van der Waals surface area (Å²) in [5.41, 5.74) is 1.17. The highest BCUT2D eigenvalue weighted by atomic mass is 35.5. The zero-order chi connectivity index (χ0) is 14.1. The summed E-state index contributed by atoms with van der Waals surface area (Å²) in [5.74, 6) is 1.06. The first kappa shape index (κ1) is 18.7. The number of halogens is 1. The Labute approximate surface area is 127 Å². The number of aryl methyl sites for hydroxylation is 1. The fraction of sp³-hybridized carbons (Fsp3) is 0.533. The van der Waals surface area contributed by atoms with Gasteiger partial charge < -0.3 is 15.0 Å². The lowest BCUT2D eigenvalue weighted by Gasteiger charge is -2.16. The zero-order valence-corrected chi connectivity index (χ0v) is 13.3. The van der Waals surface area contributed by atoms with E-state index in [1.807, 2.05) is 45.3 Å². The van der Waals surface area contributed by atoms with Crippen LogP contribution in [-0.4, -0.2) is 44.6 Å². The molecule has 0 heterocycles. The van der Waals surface area contributed by atoms with Crippen molar-refractivity contribution in [1.82, 2.24) is 10.2 Å². The lowest BCUT2D eigenvalue weighted by Crippen LogP contribution is -2.32.